The molecule has 0 radical (unpaired) electrons. The maximum atomic E-state index is 12.3. The Morgan fingerprint density at radius 1 is 1.09 bits per heavy atom. The maximum absolute atomic E-state index is 12.3. The van der Waals surface area contributed by atoms with E-state index in [-0.39, 0.29) is 5.41 Å². The van der Waals surface area contributed by atoms with Crippen molar-refractivity contribution in [2.45, 2.75) is 65.7 Å². The third kappa shape index (κ3) is 1.96. The van der Waals surface area contributed by atoms with Gasteiger partial charge in [-0.25, -0.2) is 0 Å². The Labute approximate surface area is 141 Å². The lowest BCUT2D eigenvalue weighted by atomic mass is 9.49. The van der Waals surface area contributed by atoms with E-state index in [0.717, 1.165) is 30.6 Å². The second kappa shape index (κ2) is 4.97. The highest BCUT2D eigenvalue weighted by molar-refractivity contribution is 5.78. The first kappa shape index (κ1) is 15.5. The minimum atomic E-state index is 0.210. The molecule has 0 aromatic rings. The molecule has 0 N–H and O–H groups in total. The minimum Gasteiger partial charge on any atom is -0.319 e. The summed E-state index contributed by atoms with van der Waals surface area (Å²) in [5, 5.41) is 0. The van der Waals surface area contributed by atoms with E-state index in [4.69, 9.17) is 0 Å². The summed E-state index contributed by atoms with van der Waals surface area (Å²) in [7, 11) is 2.01. The van der Waals surface area contributed by atoms with Gasteiger partial charge in [-0.05, 0) is 68.6 Å². The molecule has 5 unspecified atom stereocenters. The number of rotatable bonds is 0. The summed E-state index contributed by atoms with van der Waals surface area (Å²) in [5.41, 5.74) is 3.62. The summed E-state index contributed by atoms with van der Waals surface area (Å²) in [6.45, 7) is 7.32. The van der Waals surface area contributed by atoms with Crippen molar-refractivity contribution in [1.29, 1.82) is 0 Å². The zero-order valence-electron chi connectivity index (χ0n) is 15.2. The maximum Gasteiger partial charge on any atom is 0.226 e. The summed E-state index contributed by atoms with van der Waals surface area (Å²) >= 11 is 0. The first-order chi connectivity index (χ1) is 10.9. The van der Waals surface area contributed by atoms with E-state index < -0.39 is 0 Å². The fourth-order valence-electron chi connectivity index (χ4n) is 6.60. The van der Waals surface area contributed by atoms with Gasteiger partial charge in [0.25, 0.3) is 0 Å². The standard InChI is InChI=1S/C21H31NO/c1-14-7-9-16-15-8-10-18-21(3,12-5-6-19(23)22(18)4)17(15)11-13-20(14,16)2/h7,10,15-17H,5-6,8-9,11-13H2,1-4H3. The van der Waals surface area contributed by atoms with Crippen LogP contribution in [0.25, 0.3) is 0 Å². The van der Waals surface area contributed by atoms with E-state index in [0.29, 0.717) is 11.3 Å². The molecule has 1 aliphatic heterocycles. The normalized spacial score (nSPS) is 46.3. The van der Waals surface area contributed by atoms with Crippen LogP contribution in [0.3, 0.4) is 0 Å². The predicted molar refractivity (Wildman–Crippen MR) is 93.6 cm³/mol. The lowest BCUT2D eigenvalue weighted by molar-refractivity contribution is -0.128. The smallest absolute Gasteiger partial charge is 0.226 e. The topological polar surface area (TPSA) is 20.3 Å². The minimum absolute atomic E-state index is 0.210. The van der Waals surface area contributed by atoms with Crippen molar-refractivity contribution < 1.29 is 4.79 Å². The lowest BCUT2D eigenvalue weighted by Gasteiger charge is -2.56. The molecule has 1 saturated carbocycles. The average Bonchev–Trinajstić information content (AvgIpc) is 2.76. The Morgan fingerprint density at radius 2 is 1.87 bits per heavy atom. The summed E-state index contributed by atoms with van der Waals surface area (Å²) in [4.78, 5) is 14.3. The fourth-order valence-corrected chi connectivity index (χ4v) is 6.60. The van der Waals surface area contributed by atoms with Crippen LogP contribution in [0.4, 0.5) is 0 Å². The molecule has 1 heterocycles. The monoisotopic (exact) mass is 313 g/mol. The average molecular weight is 313 g/mol. The van der Waals surface area contributed by atoms with E-state index >= 15 is 0 Å². The Balaban J connectivity index is 1.73. The zero-order valence-corrected chi connectivity index (χ0v) is 15.2. The molecule has 3 aliphatic carbocycles. The van der Waals surface area contributed by atoms with Crippen molar-refractivity contribution in [1.82, 2.24) is 4.90 Å². The molecule has 4 rings (SSSR count). The van der Waals surface area contributed by atoms with Crippen molar-refractivity contribution >= 4 is 5.91 Å². The van der Waals surface area contributed by atoms with Gasteiger partial charge in [0.1, 0.15) is 0 Å². The van der Waals surface area contributed by atoms with Gasteiger partial charge in [0.2, 0.25) is 5.91 Å². The number of likely N-dealkylation sites (tertiary alicyclic amines) is 1. The number of hydrogen-bond donors (Lipinski definition) is 0. The van der Waals surface area contributed by atoms with Crippen LogP contribution in [0.15, 0.2) is 23.4 Å². The van der Waals surface area contributed by atoms with Gasteiger partial charge < -0.3 is 4.90 Å². The quantitative estimate of drug-likeness (QED) is 0.581. The van der Waals surface area contributed by atoms with Crippen LogP contribution in [0.5, 0.6) is 0 Å². The molecule has 1 amide bonds. The van der Waals surface area contributed by atoms with Crippen LogP contribution in [0, 0.1) is 28.6 Å². The molecule has 0 aromatic carbocycles. The third-order valence-corrected chi connectivity index (χ3v) is 8.21. The molecule has 4 aliphatic rings. The third-order valence-electron chi connectivity index (χ3n) is 8.21. The molecule has 0 spiro atoms. The summed E-state index contributed by atoms with van der Waals surface area (Å²) in [6.07, 6.45) is 13.0. The highest BCUT2D eigenvalue weighted by Gasteiger charge is 2.56. The van der Waals surface area contributed by atoms with Gasteiger partial charge in [-0.3, -0.25) is 4.79 Å². The number of allylic oxidation sites excluding steroid dienone is 4. The van der Waals surface area contributed by atoms with Gasteiger partial charge in [0.05, 0.1) is 0 Å². The molecular weight excluding hydrogens is 282 g/mol. The Bertz CT molecular complexity index is 603. The summed E-state index contributed by atoms with van der Waals surface area (Å²) < 4.78 is 0. The van der Waals surface area contributed by atoms with Crippen LogP contribution in [-0.4, -0.2) is 17.9 Å². The van der Waals surface area contributed by atoms with Gasteiger partial charge in [0.15, 0.2) is 0 Å². The molecule has 23 heavy (non-hydrogen) atoms. The van der Waals surface area contributed by atoms with Crippen LogP contribution in [0.2, 0.25) is 0 Å². The first-order valence-corrected chi connectivity index (χ1v) is 9.52. The Hall–Kier alpha value is -1.05. The van der Waals surface area contributed by atoms with E-state index in [1.807, 2.05) is 11.9 Å². The first-order valence-electron chi connectivity index (χ1n) is 9.52. The highest BCUT2D eigenvalue weighted by atomic mass is 16.2. The molecule has 2 heteroatoms. The Kier molecular flexibility index (Phi) is 3.35. The van der Waals surface area contributed by atoms with E-state index in [1.165, 1.54) is 37.8 Å². The number of carbonyl (C=O) groups excluding carboxylic acids is 1. The second-order valence-electron chi connectivity index (χ2n) is 9.00. The number of fused-ring (bicyclic) bond motifs is 5. The molecule has 126 valence electrons. The van der Waals surface area contributed by atoms with Crippen LogP contribution in [0.1, 0.15) is 65.7 Å². The predicted octanol–water partition coefficient (Wildman–Crippen LogP) is 4.92. The number of nitrogens with zero attached hydrogens (tertiary/aromatic N) is 1. The van der Waals surface area contributed by atoms with Crippen LogP contribution in [-0.2, 0) is 4.79 Å². The van der Waals surface area contributed by atoms with Crippen molar-refractivity contribution in [3.05, 3.63) is 23.4 Å². The van der Waals surface area contributed by atoms with Gasteiger partial charge in [-0.1, -0.05) is 31.6 Å². The van der Waals surface area contributed by atoms with E-state index in [9.17, 15) is 4.79 Å². The van der Waals surface area contributed by atoms with Crippen molar-refractivity contribution in [3.63, 3.8) is 0 Å². The molecular formula is C21H31NO. The van der Waals surface area contributed by atoms with Crippen LogP contribution < -0.4 is 0 Å². The lowest BCUT2D eigenvalue weighted by Crippen LogP contribution is -2.50. The molecule has 2 nitrogen and oxygen atoms in total. The molecule has 5 atom stereocenters. The number of amides is 1. The van der Waals surface area contributed by atoms with Crippen molar-refractivity contribution in [2.75, 3.05) is 7.05 Å². The summed E-state index contributed by atoms with van der Waals surface area (Å²) in [5.74, 6) is 2.70. The number of carbonyl (C=O) groups is 1. The largest absolute Gasteiger partial charge is 0.319 e. The van der Waals surface area contributed by atoms with Crippen molar-refractivity contribution in [3.8, 4) is 0 Å². The molecule has 0 bridgehead atoms. The zero-order chi connectivity index (χ0) is 16.4. The van der Waals surface area contributed by atoms with E-state index in [2.05, 4.69) is 32.9 Å². The van der Waals surface area contributed by atoms with Crippen LogP contribution >= 0.6 is 0 Å². The second-order valence-corrected chi connectivity index (χ2v) is 9.00. The summed E-state index contributed by atoms with van der Waals surface area (Å²) in [6, 6.07) is 0. The van der Waals surface area contributed by atoms with Gasteiger partial charge in [-0.2, -0.15) is 0 Å². The van der Waals surface area contributed by atoms with Gasteiger partial charge in [0, 0.05) is 24.6 Å². The highest BCUT2D eigenvalue weighted by Crippen LogP contribution is 2.64. The SMILES string of the molecule is CC1=CCC2C3CC=C4N(C)C(=O)CCCC4(C)C3CCC12C. The van der Waals surface area contributed by atoms with Gasteiger partial charge in [-0.15, -0.1) is 0 Å². The Morgan fingerprint density at radius 3 is 2.65 bits per heavy atom. The van der Waals surface area contributed by atoms with Crippen molar-refractivity contribution in [2.24, 2.45) is 28.6 Å². The fraction of sp³-hybridized carbons (Fsp3) is 0.762. The van der Waals surface area contributed by atoms with Gasteiger partial charge >= 0.3 is 0 Å². The van der Waals surface area contributed by atoms with E-state index in [1.54, 1.807) is 5.57 Å². The molecule has 2 fully saturated rings. The molecule has 0 aromatic heterocycles. The molecule has 1 saturated heterocycles. The number of hydrogen-bond acceptors (Lipinski definition) is 1.